The maximum Gasteiger partial charge on any atom is 0.315 e. The van der Waals surface area contributed by atoms with Crippen LogP contribution < -0.4 is 10.6 Å². The smallest absolute Gasteiger partial charge is 0.315 e. The number of amides is 2. The summed E-state index contributed by atoms with van der Waals surface area (Å²) in [5.41, 5.74) is 3.45. The molecule has 0 bridgehead atoms. The number of carbonyl (C=O) groups excluding carboxylic acids is 1. The molecule has 1 rings (SSSR count). The molecule has 4 nitrogen and oxygen atoms in total. The van der Waals surface area contributed by atoms with Crippen molar-refractivity contribution >= 4 is 6.03 Å². The molecule has 0 aliphatic heterocycles. The van der Waals surface area contributed by atoms with E-state index >= 15 is 0 Å². The monoisotopic (exact) mass is 250 g/mol. The Morgan fingerprint density at radius 3 is 2.22 bits per heavy atom. The van der Waals surface area contributed by atoms with Gasteiger partial charge in [-0.3, -0.25) is 0 Å². The Morgan fingerprint density at radius 1 is 1.17 bits per heavy atom. The van der Waals surface area contributed by atoms with Gasteiger partial charge in [-0.15, -0.1) is 0 Å². The predicted molar refractivity (Wildman–Crippen MR) is 72.5 cm³/mol. The average Bonchev–Trinajstić information content (AvgIpc) is 2.27. The molecule has 2 amide bonds. The zero-order valence-corrected chi connectivity index (χ0v) is 11.4. The maximum atomic E-state index is 11.6. The van der Waals surface area contributed by atoms with E-state index in [1.165, 1.54) is 11.1 Å². The van der Waals surface area contributed by atoms with Crippen molar-refractivity contribution < 1.29 is 9.90 Å². The fourth-order valence-electron chi connectivity index (χ4n) is 1.85. The largest absolute Gasteiger partial charge is 0.394 e. The van der Waals surface area contributed by atoms with Crippen LogP contribution >= 0.6 is 0 Å². The van der Waals surface area contributed by atoms with Crippen LogP contribution in [0.15, 0.2) is 18.2 Å². The number of benzene rings is 1. The third-order valence-electron chi connectivity index (χ3n) is 2.74. The molecule has 0 radical (unpaired) electrons. The summed E-state index contributed by atoms with van der Waals surface area (Å²) in [5.74, 6) is 0. The molecule has 1 unspecified atom stereocenters. The number of carbonyl (C=O) groups is 1. The number of rotatable bonds is 4. The zero-order valence-electron chi connectivity index (χ0n) is 11.4. The molecule has 0 spiro atoms. The second-order valence-electron chi connectivity index (χ2n) is 4.84. The van der Waals surface area contributed by atoms with Gasteiger partial charge in [0, 0.05) is 0 Å². The Morgan fingerprint density at radius 2 is 1.72 bits per heavy atom. The van der Waals surface area contributed by atoms with Gasteiger partial charge in [0.05, 0.1) is 18.7 Å². The molecule has 1 aromatic rings. The Labute approximate surface area is 108 Å². The normalized spacial score (nSPS) is 13.8. The number of hydrogen-bond acceptors (Lipinski definition) is 2. The number of urea groups is 1. The van der Waals surface area contributed by atoms with Crippen molar-refractivity contribution in [2.45, 2.75) is 39.8 Å². The lowest BCUT2D eigenvalue weighted by Crippen LogP contribution is -2.43. The highest BCUT2D eigenvalue weighted by Crippen LogP contribution is 2.16. The summed E-state index contributed by atoms with van der Waals surface area (Å²) in [4.78, 5) is 11.6. The van der Waals surface area contributed by atoms with E-state index in [-0.39, 0.29) is 24.7 Å². The van der Waals surface area contributed by atoms with Crippen LogP contribution in [0.5, 0.6) is 0 Å². The Kier molecular flexibility index (Phi) is 5.16. The van der Waals surface area contributed by atoms with Crippen LogP contribution in [-0.2, 0) is 0 Å². The van der Waals surface area contributed by atoms with E-state index in [1.54, 1.807) is 6.92 Å². The molecular weight excluding hydrogens is 228 g/mol. The van der Waals surface area contributed by atoms with Gasteiger partial charge in [-0.1, -0.05) is 29.3 Å². The number of aliphatic hydroxyl groups is 1. The van der Waals surface area contributed by atoms with Crippen molar-refractivity contribution in [2.24, 2.45) is 0 Å². The van der Waals surface area contributed by atoms with E-state index in [0.717, 1.165) is 5.56 Å². The van der Waals surface area contributed by atoms with Gasteiger partial charge in [-0.2, -0.15) is 0 Å². The van der Waals surface area contributed by atoms with Gasteiger partial charge in [0.1, 0.15) is 0 Å². The third-order valence-corrected chi connectivity index (χ3v) is 2.74. The van der Waals surface area contributed by atoms with Crippen LogP contribution in [0.4, 0.5) is 4.79 Å². The van der Waals surface area contributed by atoms with E-state index in [2.05, 4.69) is 28.8 Å². The number of nitrogens with one attached hydrogen (secondary N) is 2. The van der Waals surface area contributed by atoms with Crippen molar-refractivity contribution in [3.8, 4) is 0 Å². The summed E-state index contributed by atoms with van der Waals surface area (Å²) in [6.07, 6.45) is 0. The molecule has 2 atom stereocenters. The fraction of sp³-hybridized carbons (Fsp3) is 0.500. The van der Waals surface area contributed by atoms with Crippen molar-refractivity contribution in [3.05, 3.63) is 34.9 Å². The number of aliphatic hydroxyl groups excluding tert-OH is 1. The summed E-state index contributed by atoms with van der Waals surface area (Å²) in [6.45, 7) is 7.71. The number of aryl methyl sites for hydroxylation is 2. The molecule has 18 heavy (non-hydrogen) atoms. The van der Waals surface area contributed by atoms with Crippen molar-refractivity contribution in [3.63, 3.8) is 0 Å². The first-order valence-electron chi connectivity index (χ1n) is 6.18. The Balaban J connectivity index is 2.64. The van der Waals surface area contributed by atoms with E-state index in [1.807, 2.05) is 20.8 Å². The predicted octanol–water partition coefficient (Wildman–Crippen LogP) is 2.04. The average molecular weight is 250 g/mol. The first-order valence-corrected chi connectivity index (χ1v) is 6.18. The second-order valence-corrected chi connectivity index (χ2v) is 4.84. The summed E-state index contributed by atoms with van der Waals surface area (Å²) in [5, 5.41) is 14.4. The van der Waals surface area contributed by atoms with E-state index in [9.17, 15) is 4.79 Å². The SMILES string of the molecule is Cc1cc(C)cc(C(C)NC(=O)N[C@@H](C)CO)c1. The van der Waals surface area contributed by atoms with Crippen LogP contribution in [0.3, 0.4) is 0 Å². The molecule has 4 heteroatoms. The van der Waals surface area contributed by atoms with Gasteiger partial charge >= 0.3 is 6.03 Å². The van der Waals surface area contributed by atoms with Crippen LogP contribution in [0, 0.1) is 13.8 Å². The molecule has 1 aromatic carbocycles. The van der Waals surface area contributed by atoms with Gasteiger partial charge in [0.2, 0.25) is 0 Å². The lowest BCUT2D eigenvalue weighted by atomic mass is 10.0. The molecule has 0 saturated carbocycles. The quantitative estimate of drug-likeness (QED) is 0.766. The van der Waals surface area contributed by atoms with Crippen LogP contribution in [-0.4, -0.2) is 23.8 Å². The molecule has 0 heterocycles. The summed E-state index contributed by atoms with van der Waals surface area (Å²) in [6, 6.07) is 5.67. The minimum atomic E-state index is -0.261. The highest BCUT2D eigenvalue weighted by atomic mass is 16.3. The van der Waals surface area contributed by atoms with Crippen molar-refractivity contribution in [1.82, 2.24) is 10.6 Å². The molecule has 100 valence electrons. The zero-order chi connectivity index (χ0) is 13.7. The first kappa shape index (κ1) is 14.5. The van der Waals surface area contributed by atoms with E-state index in [4.69, 9.17) is 5.11 Å². The van der Waals surface area contributed by atoms with Crippen molar-refractivity contribution in [1.29, 1.82) is 0 Å². The fourth-order valence-corrected chi connectivity index (χ4v) is 1.85. The molecule has 0 fully saturated rings. The molecule has 0 aliphatic rings. The van der Waals surface area contributed by atoms with Crippen LogP contribution in [0.2, 0.25) is 0 Å². The van der Waals surface area contributed by atoms with Gasteiger partial charge in [-0.05, 0) is 33.3 Å². The molecular formula is C14H22N2O2. The third kappa shape index (κ3) is 4.37. The lowest BCUT2D eigenvalue weighted by molar-refractivity contribution is 0.218. The summed E-state index contributed by atoms with van der Waals surface area (Å²) in [7, 11) is 0. The number of hydrogen-bond donors (Lipinski definition) is 3. The summed E-state index contributed by atoms with van der Waals surface area (Å²) >= 11 is 0. The van der Waals surface area contributed by atoms with Crippen molar-refractivity contribution in [2.75, 3.05) is 6.61 Å². The summed E-state index contributed by atoms with van der Waals surface area (Å²) < 4.78 is 0. The Hall–Kier alpha value is -1.55. The van der Waals surface area contributed by atoms with E-state index < -0.39 is 0 Å². The lowest BCUT2D eigenvalue weighted by Gasteiger charge is -2.18. The van der Waals surface area contributed by atoms with Crippen LogP contribution in [0.1, 0.15) is 36.6 Å². The standard InChI is InChI=1S/C14H22N2O2/c1-9-5-10(2)7-13(6-9)12(4)16-14(18)15-11(3)8-17/h5-7,11-12,17H,8H2,1-4H3,(H2,15,16,18)/t11-,12?/m0/s1. The minimum Gasteiger partial charge on any atom is -0.394 e. The van der Waals surface area contributed by atoms with Gasteiger partial charge < -0.3 is 15.7 Å². The van der Waals surface area contributed by atoms with Gasteiger partial charge in [-0.25, -0.2) is 4.79 Å². The minimum absolute atomic E-state index is 0.0607. The van der Waals surface area contributed by atoms with Gasteiger partial charge in [0.25, 0.3) is 0 Å². The first-order chi connectivity index (χ1) is 8.42. The second kappa shape index (κ2) is 6.40. The maximum absolute atomic E-state index is 11.6. The molecule has 0 saturated heterocycles. The topological polar surface area (TPSA) is 61.4 Å². The highest BCUT2D eigenvalue weighted by molar-refractivity contribution is 5.74. The highest BCUT2D eigenvalue weighted by Gasteiger charge is 2.11. The van der Waals surface area contributed by atoms with Gasteiger partial charge in [0.15, 0.2) is 0 Å². The molecule has 0 aromatic heterocycles. The van der Waals surface area contributed by atoms with E-state index in [0.29, 0.717) is 0 Å². The molecule has 0 aliphatic carbocycles. The Bertz CT molecular complexity index is 398. The molecule has 3 N–H and O–H groups in total. The van der Waals surface area contributed by atoms with Crippen LogP contribution in [0.25, 0.3) is 0 Å².